The fraction of sp³-hybridized carbons (Fsp3) is 0.389. The summed E-state index contributed by atoms with van der Waals surface area (Å²) in [5.74, 6) is 1.86. The summed E-state index contributed by atoms with van der Waals surface area (Å²) in [6, 6.07) is 10.2. The van der Waals surface area contributed by atoms with Crippen LogP contribution >= 0.6 is 0 Å². The smallest absolute Gasteiger partial charge is 0.125 e. The number of aromatic nitrogens is 4. The van der Waals surface area contributed by atoms with Gasteiger partial charge in [-0.2, -0.15) is 0 Å². The number of imidazole rings is 1. The van der Waals surface area contributed by atoms with Crippen LogP contribution in [0.5, 0.6) is 0 Å². The van der Waals surface area contributed by atoms with Crippen molar-refractivity contribution in [2.75, 3.05) is 19.7 Å². The third kappa shape index (κ3) is 2.90. The second kappa shape index (κ2) is 6.30. The third-order valence-corrected chi connectivity index (χ3v) is 4.52. The van der Waals surface area contributed by atoms with Crippen molar-refractivity contribution in [2.45, 2.75) is 19.6 Å². The lowest BCUT2D eigenvalue weighted by molar-refractivity contribution is -0.0360. The van der Waals surface area contributed by atoms with Gasteiger partial charge >= 0.3 is 0 Å². The molecule has 0 amide bonds. The molecule has 0 spiro atoms. The fourth-order valence-electron chi connectivity index (χ4n) is 3.22. The highest BCUT2D eigenvalue weighted by atomic mass is 16.5. The van der Waals surface area contributed by atoms with Gasteiger partial charge in [0, 0.05) is 26.3 Å². The Morgan fingerprint density at radius 1 is 1.21 bits per heavy atom. The highest BCUT2D eigenvalue weighted by Gasteiger charge is 2.24. The summed E-state index contributed by atoms with van der Waals surface area (Å²) in [6.45, 7) is 5.15. The topological polar surface area (TPSA) is 56.1 Å². The summed E-state index contributed by atoms with van der Waals surface area (Å²) in [5.41, 5.74) is 3.17. The van der Waals surface area contributed by atoms with Crippen molar-refractivity contribution in [1.29, 1.82) is 0 Å². The van der Waals surface area contributed by atoms with E-state index in [1.54, 1.807) is 6.20 Å². The molecule has 1 aromatic carbocycles. The summed E-state index contributed by atoms with van der Waals surface area (Å²) in [4.78, 5) is 15.8. The van der Waals surface area contributed by atoms with Crippen molar-refractivity contribution >= 4 is 11.0 Å². The number of hydrogen-bond donors (Lipinski definition) is 0. The van der Waals surface area contributed by atoms with E-state index >= 15 is 0 Å². The van der Waals surface area contributed by atoms with Gasteiger partial charge in [-0.15, -0.1) is 0 Å². The summed E-state index contributed by atoms with van der Waals surface area (Å²) in [5, 5.41) is 0. The standard InChI is InChI=1S/C18H21N5O/c1-13-19-8-7-15(20-13)17-11-23(9-10-24-17)12-18-21-14-5-3-4-6-16(14)22(18)2/h3-8,17H,9-12H2,1-2H3/t17-/m0/s1. The Morgan fingerprint density at radius 2 is 2.08 bits per heavy atom. The molecule has 0 saturated carbocycles. The number of benzene rings is 1. The zero-order valence-corrected chi connectivity index (χ0v) is 14.0. The maximum atomic E-state index is 5.92. The number of rotatable bonds is 3. The lowest BCUT2D eigenvalue weighted by Crippen LogP contribution is -2.38. The van der Waals surface area contributed by atoms with Crippen LogP contribution in [-0.2, 0) is 18.3 Å². The molecule has 1 aliphatic rings. The first kappa shape index (κ1) is 15.2. The first-order valence-corrected chi connectivity index (χ1v) is 8.24. The number of hydrogen-bond acceptors (Lipinski definition) is 5. The molecule has 4 rings (SSSR count). The van der Waals surface area contributed by atoms with E-state index in [4.69, 9.17) is 9.72 Å². The number of para-hydroxylation sites is 2. The minimum atomic E-state index is -0.00451. The van der Waals surface area contributed by atoms with Crippen LogP contribution in [0.15, 0.2) is 36.5 Å². The van der Waals surface area contributed by atoms with Gasteiger partial charge in [0.1, 0.15) is 17.8 Å². The van der Waals surface area contributed by atoms with Crippen LogP contribution in [0.25, 0.3) is 11.0 Å². The molecule has 3 aromatic rings. The van der Waals surface area contributed by atoms with Gasteiger partial charge in [0.05, 0.1) is 29.9 Å². The van der Waals surface area contributed by atoms with Crippen molar-refractivity contribution in [2.24, 2.45) is 7.05 Å². The Kier molecular flexibility index (Phi) is 4.00. The van der Waals surface area contributed by atoms with Crippen molar-refractivity contribution in [3.63, 3.8) is 0 Å². The molecule has 2 aromatic heterocycles. The van der Waals surface area contributed by atoms with Gasteiger partial charge in [-0.05, 0) is 25.1 Å². The maximum absolute atomic E-state index is 5.92. The molecule has 1 aliphatic heterocycles. The zero-order chi connectivity index (χ0) is 16.5. The molecule has 3 heterocycles. The quantitative estimate of drug-likeness (QED) is 0.740. The van der Waals surface area contributed by atoms with Gasteiger partial charge in [0.25, 0.3) is 0 Å². The van der Waals surface area contributed by atoms with E-state index in [9.17, 15) is 0 Å². The van der Waals surface area contributed by atoms with Crippen LogP contribution in [0.2, 0.25) is 0 Å². The fourth-order valence-corrected chi connectivity index (χ4v) is 3.22. The van der Waals surface area contributed by atoms with Crippen LogP contribution in [0.3, 0.4) is 0 Å². The number of aryl methyl sites for hydroxylation is 2. The van der Waals surface area contributed by atoms with Gasteiger partial charge in [0.15, 0.2) is 0 Å². The van der Waals surface area contributed by atoms with Crippen LogP contribution in [-0.4, -0.2) is 44.1 Å². The Morgan fingerprint density at radius 3 is 2.92 bits per heavy atom. The van der Waals surface area contributed by atoms with E-state index < -0.39 is 0 Å². The van der Waals surface area contributed by atoms with Crippen molar-refractivity contribution < 1.29 is 4.74 Å². The van der Waals surface area contributed by atoms with Crippen LogP contribution in [0, 0.1) is 6.92 Å². The van der Waals surface area contributed by atoms with Gasteiger partial charge in [-0.25, -0.2) is 15.0 Å². The van der Waals surface area contributed by atoms with E-state index in [0.29, 0.717) is 6.61 Å². The minimum absolute atomic E-state index is 0.00451. The maximum Gasteiger partial charge on any atom is 0.125 e. The first-order valence-electron chi connectivity index (χ1n) is 8.24. The Labute approximate surface area is 141 Å². The summed E-state index contributed by atoms with van der Waals surface area (Å²) < 4.78 is 8.09. The number of nitrogens with zero attached hydrogens (tertiary/aromatic N) is 5. The van der Waals surface area contributed by atoms with E-state index in [2.05, 4.69) is 44.7 Å². The summed E-state index contributed by atoms with van der Waals surface area (Å²) in [6.07, 6.45) is 1.79. The Hall–Kier alpha value is -2.31. The van der Waals surface area contributed by atoms with E-state index in [-0.39, 0.29) is 6.10 Å². The normalized spacial score (nSPS) is 19.0. The molecule has 1 atom stereocenters. The highest BCUT2D eigenvalue weighted by Crippen LogP contribution is 2.22. The molecule has 1 saturated heterocycles. The van der Waals surface area contributed by atoms with Gasteiger partial charge in [-0.3, -0.25) is 4.90 Å². The van der Waals surface area contributed by atoms with E-state index in [0.717, 1.165) is 42.5 Å². The number of fused-ring (bicyclic) bond motifs is 1. The minimum Gasteiger partial charge on any atom is -0.369 e. The Balaban J connectivity index is 1.53. The molecule has 0 aliphatic carbocycles. The van der Waals surface area contributed by atoms with Crippen molar-refractivity contribution in [1.82, 2.24) is 24.4 Å². The van der Waals surface area contributed by atoms with Gasteiger partial charge in [-0.1, -0.05) is 12.1 Å². The largest absolute Gasteiger partial charge is 0.369 e. The summed E-state index contributed by atoms with van der Waals surface area (Å²) in [7, 11) is 2.08. The van der Waals surface area contributed by atoms with Crippen molar-refractivity contribution in [3.8, 4) is 0 Å². The van der Waals surface area contributed by atoms with E-state index in [1.807, 2.05) is 19.1 Å². The average molecular weight is 323 g/mol. The Bertz CT molecular complexity index is 859. The van der Waals surface area contributed by atoms with Gasteiger partial charge < -0.3 is 9.30 Å². The molecular formula is C18H21N5O. The van der Waals surface area contributed by atoms with Crippen molar-refractivity contribution in [3.05, 3.63) is 53.9 Å². The van der Waals surface area contributed by atoms with E-state index in [1.165, 1.54) is 5.52 Å². The molecule has 0 N–H and O–H groups in total. The molecule has 124 valence electrons. The molecule has 24 heavy (non-hydrogen) atoms. The SMILES string of the molecule is Cc1nccc([C@@H]2CN(Cc3nc4ccccc4n3C)CCO2)n1. The molecule has 6 heteroatoms. The lowest BCUT2D eigenvalue weighted by atomic mass is 10.2. The predicted molar refractivity (Wildman–Crippen MR) is 91.5 cm³/mol. The average Bonchev–Trinajstić information content (AvgIpc) is 2.91. The molecule has 1 fully saturated rings. The molecule has 0 unspecified atom stereocenters. The summed E-state index contributed by atoms with van der Waals surface area (Å²) >= 11 is 0. The molecule has 0 bridgehead atoms. The molecule has 0 radical (unpaired) electrons. The first-order chi connectivity index (χ1) is 11.7. The second-order valence-electron chi connectivity index (χ2n) is 6.20. The zero-order valence-electron chi connectivity index (χ0n) is 14.0. The van der Waals surface area contributed by atoms with Crippen LogP contribution in [0.1, 0.15) is 23.4 Å². The van der Waals surface area contributed by atoms with Crippen LogP contribution < -0.4 is 0 Å². The lowest BCUT2D eigenvalue weighted by Gasteiger charge is -2.32. The monoisotopic (exact) mass is 323 g/mol. The predicted octanol–water partition coefficient (Wildman–Crippen LogP) is 2.25. The molecule has 6 nitrogen and oxygen atoms in total. The molecular weight excluding hydrogens is 302 g/mol. The van der Waals surface area contributed by atoms with Gasteiger partial charge in [0.2, 0.25) is 0 Å². The third-order valence-electron chi connectivity index (χ3n) is 4.52. The number of morpholine rings is 1. The number of ether oxygens (including phenoxy) is 1. The van der Waals surface area contributed by atoms with Crippen LogP contribution in [0.4, 0.5) is 0 Å². The highest BCUT2D eigenvalue weighted by molar-refractivity contribution is 5.75. The second-order valence-corrected chi connectivity index (χ2v) is 6.20.